The molecule has 7 nitrogen and oxygen atoms in total. The summed E-state index contributed by atoms with van der Waals surface area (Å²) in [6.07, 6.45) is -0.466. The number of carbonyl (C=O) groups excluding carboxylic acids is 3. The van der Waals surface area contributed by atoms with Crippen LogP contribution in [-0.4, -0.2) is 65.3 Å². The Balaban J connectivity index is 1.39. The lowest BCUT2D eigenvalue weighted by molar-refractivity contribution is -0.156. The van der Waals surface area contributed by atoms with Crippen LogP contribution in [0.25, 0.3) is 0 Å². The molecule has 2 aliphatic heterocycles. The highest BCUT2D eigenvalue weighted by Crippen LogP contribution is 2.20. The molecular formula is C23H25N3O4. The third-order valence-electron chi connectivity index (χ3n) is 5.66. The molecule has 3 atom stereocenters. The average molecular weight is 407 g/mol. The third-order valence-corrected chi connectivity index (χ3v) is 5.66. The Kier molecular flexibility index (Phi) is 5.81. The van der Waals surface area contributed by atoms with Gasteiger partial charge in [0, 0.05) is 18.7 Å². The van der Waals surface area contributed by atoms with E-state index < -0.39 is 18.2 Å². The fourth-order valence-corrected chi connectivity index (χ4v) is 3.92. The summed E-state index contributed by atoms with van der Waals surface area (Å²) in [6.45, 7) is 3.08. The number of benzene rings is 2. The van der Waals surface area contributed by atoms with E-state index in [0.29, 0.717) is 25.3 Å². The summed E-state index contributed by atoms with van der Waals surface area (Å²) < 4.78 is 5.86. The second-order valence-electron chi connectivity index (χ2n) is 7.65. The van der Waals surface area contributed by atoms with Crippen molar-refractivity contribution >= 4 is 17.7 Å². The average Bonchev–Trinajstić information content (AvgIpc) is 2.80. The Bertz CT molecular complexity index is 919. The van der Waals surface area contributed by atoms with E-state index in [1.165, 1.54) is 0 Å². The highest BCUT2D eigenvalue weighted by Gasteiger charge is 2.46. The molecule has 30 heavy (non-hydrogen) atoms. The summed E-state index contributed by atoms with van der Waals surface area (Å²) >= 11 is 0. The number of nitrogens with one attached hydrogen (secondary N) is 1. The Morgan fingerprint density at radius 2 is 1.73 bits per heavy atom. The molecule has 0 radical (unpaired) electrons. The van der Waals surface area contributed by atoms with E-state index in [1.54, 1.807) is 28.9 Å². The Morgan fingerprint density at radius 1 is 1.07 bits per heavy atom. The molecule has 2 fully saturated rings. The fourth-order valence-electron chi connectivity index (χ4n) is 3.92. The van der Waals surface area contributed by atoms with E-state index in [4.69, 9.17) is 4.74 Å². The van der Waals surface area contributed by atoms with Crippen molar-refractivity contribution < 1.29 is 19.1 Å². The monoisotopic (exact) mass is 407 g/mol. The lowest BCUT2D eigenvalue weighted by atomic mass is 10.0. The normalized spacial score (nSPS) is 22.3. The first-order chi connectivity index (χ1) is 14.5. The SMILES string of the molecule is C[C@@H](OCc1ccccc1)[C@@H]1NC(=O)[C@H]2CN(C(=O)c3ccccc3)CCN2C1=O. The number of hydrogen-bond donors (Lipinski definition) is 1. The zero-order valence-electron chi connectivity index (χ0n) is 16.9. The highest BCUT2D eigenvalue weighted by molar-refractivity contribution is 5.99. The van der Waals surface area contributed by atoms with Crippen molar-refractivity contribution in [3.63, 3.8) is 0 Å². The van der Waals surface area contributed by atoms with Gasteiger partial charge in [-0.3, -0.25) is 14.4 Å². The van der Waals surface area contributed by atoms with Gasteiger partial charge in [0.05, 0.1) is 19.3 Å². The minimum absolute atomic E-state index is 0.128. The van der Waals surface area contributed by atoms with Crippen LogP contribution in [0.2, 0.25) is 0 Å². The maximum atomic E-state index is 13.0. The number of fused-ring (bicyclic) bond motifs is 1. The molecule has 0 spiro atoms. The van der Waals surface area contributed by atoms with Crippen LogP contribution in [0, 0.1) is 0 Å². The predicted octanol–water partition coefficient (Wildman–Crippen LogP) is 1.44. The Labute approximate surface area is 175 Å². The second kappa shape index (κ2) is 8.67. The molecule has 156 valence electrons. The molecule has 2 heterocycles. The molecule has 2 aromatic carbocycles. The predicted molar refractivity (Wildman–Crippen MR) is 110 cm³/mol. The number of ether oxygens (including phenoxy) is 1. The summed E-state index contributed by atoms with van der Waals surface area (Å²) in [4.78, 5) is 41.7. The zero-order valence-corrected chi connectivity index (χ0v) is 16.9. The van der Waals surface area contributed by atoms with Gasteiger partial charge in [-0.1, -0.05) is 48.5 Å². The number of piperazine rings is 2. The van der Waals surface area contributed by atoms with Gasteiger partial charge in [0.2, 0.25) is 11.8 Å². The van der Waals surface area contributed by atoms with Crippen LogP contribution in [0.1, 0.15) is 22.8 Å². The number of amides is 3. The smallest absolute Gasteiger partial charge is 0.253 e. The van der Waals surface area contributed by atoms with Crippen LogP contribution in [0.5, 0.6) is 0 Å². The van der Waals surface area contributed by atoms with E-state index in [0.717, 1.165) is 5.56 Å². The van der Waals surface area contributed by atoms with E-state index in [-0.39, 0.29) is 24.3 Å². The molecule has 2 aliphatic rings. The maximum Gasteiger partial charge on any atom is 0.253 e. The van der Waals surface area contributed by atoms with Crippen LogP contribution in [0.15, 0.2) is 60.7 Å². The fraction of sp³-hybridized carbons (Fsp3) is 0.348. The van der Waals surface area contributed by atoms with Gasteiger partial charge in [0.25, 0.3) is 5.91 Å². The van der Waals surface area contributed by atoms with E-state index in [9.17, 15) is 14.4 Å². The van der Waals surface area contributed by atoms with Gasteiger partial charge in [-0.15, -0.1) is 0 Å². The van der Waals surface area contributed by atoms with Gasteiger partial charge in [-0.25, -0.2) is 0 Å². The standard InChI is InChI=1S/C23H25N3O4/c1-16(30-15-17-8-4-2-5-9-17)20-23(29)26-13-12-25(14-19(26)21(27)24-20)22(28)18-10-6-3-7-11-18/h2-11,16,19-20H,12-15H2,1H3,(H,24,27)/t16-,19-,20+/m1/s1. The quantitative estimate of drug-likeness (QED) is 0.814. The van der Waals surface area contributed by atoms with Crippen molar-refractivity contribution in [2.45, 2.75) is 31.7 Å². The minimum Gasteiger partial charge on any atom is -0.371 e. The molecule has 7 heteroatoms. The molecule has 0 unspecified atom stereocenters. The van der Waals surface area contributed by atoms with Crippen molar-refractivity contribution in [1.82, 2.24) is 15.1 Å². The first kappa shape index (κ1) is 20.1. The number of carbonyl (C=O) groups is 3. The molecule has 0 aliphatic carbocycles. The van der Waals surface area contributed by atoms with Gasteiger partial charge >= 0.3 is 0 Å². The molecule has 1 N–H and O–H groups in total. The molecule has 3 amide bonds. The molecule has 2 aromatic rings. The minimum atomic E-state index is -0.728. The number of rotatable bonds is 5. The van der Waals surface area contributed by atoms with Crippen LogP contribution in [-0.2, 0) is 20.9 Å². The molecule has 4 rings (SSSR count). The summed E-state index contributed by atoms with van der Waals surface area (Å²) in [7, 11) is 0. The first-order valence-electron chi connectivity index (χ1n) is 10.2. The van der Waals surface area contributed by atoms with Gasteiger partial charge < -0.3 is 19.9 Å². The van der Waals surface area contributed by atoms with Crippen molar-refractivity contribution in [2.24, 2.45) is 0 Å². The summed E-state index contributed by atoms with van der Waals surface area (Å²) in [5, 5.41) is 2.81. The van der Waals surface area contributed by atoms with E-state index >= 15 is 0 Å². The zero-order chi connectivity index (χ0) is 21.1. The van der Waals surface area contributed by atoms with Crippen LogP contribution < -0.4 is 5.32 Å². The summed E-state index contributed by atoms with van der Waals surface area (Å²) in [5.74, 6) is -0.538. The highest BCUT2D eigenvalue weighted by atomic mass is 16.5. The third kappa shape index (κ3) is 4.07. The van der Waals surface area contributed by atoms with Gasteiger partial charge in [-0.2, -0.15) is 0 Å². The largest absolute Gasteiger partial charge is 0.371 e. The van der Waals surface area contributed by atoms with Gasteiger partial charge in [0.1, 0.15) is 12.1 Å². The maximum absolute atomic E-state index is 13.0. The van der Waals surface area contributed by atoms with Crippen molar-refractivity contribution in [3.8, 4) is 0 Å². The molecule has 0 bridgehead atoms. The van der Waals surface area contributed by atoms with Crippen molar-refractivity contribution in [1.29, 1.82) is 0 Å². The molecule has 2 saturated heterocycles. The number of nitrogens with zero attached hydrogens (tertiary/aromatic N) is 2. The second-order valence-corrected chi connectivity index (χ2v) is 7.65. The number of hydrogen-bond acceptors (Lipinski definition) is 4. The summed E-state index contributed by atoms with van der Waals surface area (Å²) in [6, 6.07) is 17.3. The topological polar surface area (TPSA) is 79.0 Å². The van der Waals surface area contributed by atoms with Crippen LogP contribution >= 0.6 is 0 Å². The van der Waals surface area contributed by atoms with Crippen molar-refractivity contribution in [2.75, 3.05) is 19.6 Å². The lowest BCUT2D eigenvalue weighted by Gasteiger charge is -2.46. The van der Waals surface area contributed by atoms with Gasteiger partial charge in [-0.05, 0) is 24.6 Å². The Morgan fingerprint density at radius 3 is 2.43 bits per heavy atom. The van der Waals surface area contributed by atoms with E-state index in [2.05, 4.69) is 5.32 Å². The Hall–Kier alpha value is -3.19. The molecular weight excluding hydrogens is 382 g/mol. The summed E-state index contributed by atoms with van der Waals surface area (Å²) in [5.41, 5.74) is 1.58. The molecule has 0 saturated carbocycles. The van der Waals surface area contributed by atoms with E-state index in [1.807, 2.05) is 48.5 Å². The van der Waals surface area contributed by atoms with Crippen LogP contribution in [0.3, 0.4) is 0 Å². The first-order valence-corrected chi connectivity index (χ1v) is 10.2. The van der Waals surface area contributed by atoms with Crippen LogP contribution in [0.4, 0.5) is 0 Å². The molecule has 0 aromatic heterocycles. The van der Waals surface area contributed by atoms with Gasteiger partial charge in [0.15, 0.2) is 0 Å². The van der Waals surface area contributed by atoms with Crippen molar-refractivity contribution in [3.05, 3.63) is 71.8 Å². The lowest BCUT2D eigenvalue weighted by Crippen LogP contribution is -2.71.